The number of rotatable bonds is 3. The van der Waals surface area contributed by atoms with Crippen LogP contribution in [0.3, 0.4) is 0 Å². The van der Waals surface area contributed by atoms with Crippen molar-refractivity contribution in [3.05, 3.63) is 48.0 Å². The molecule has 5 heteroatoms. The van der Waals surface area contributed by atoms with E-state index in [2.05, 4.69) is 15.2 Å². The number of aromatic nitrogens is 3. The lowest BCUT2D eigenvalue weighted by atomic mass is 10.1. The maximum Gasteiger partial charge on any atom is 0.181 e. The maximum absolute atomic E-state index is 9.62. The number of methoxy groups -OCH3 is 1. The fourth-order valence-corrected chi connectivity index (χ4v) is 2.13. The third-order valence-corrected chi connectivity index (χ3v) is 3.21. The van der Waals surface area contributed by atoms with Gasteiger partial charge in [0, 0.05) is 11.1 Å². The number of hydrogen-bond donors (Lipinski definition) is 2. The normalized spacial score (nSPS) is 10.6. The van der Waals surface area contributed by atoms with Crippen LogP contribution >= 0.6 is 0 Å². The summed E-state index contributed by atoms with van der Waals surface area (Å²) in [7, 11) is 1.51. The Kier molecular flexibility index (Phi) is 3.31. The van der Waals surface area contributed by atoms with Crippen LogP contribution in [-0.4, -0.2) is 27.4 Å². The number of phenols is 1. The highest BCUT2D eigenvalue weighted by Gasteiger charge is 2.10. The van der Waals surface area contributed by atoms with Crippen molar-refractivity contribution in [2.75, 3.05) is 7.11 Å². The van der Waals surface area contributed by atoms with E-state index in [0.29, 0.717) is 17.4 Å². The first kappa shape index (κ1) is 13.2. The lowest BCUT2D eigenvalue weighted by molar-refractivity contribution is 0.373. The Hall–Kier alpha value is -2.82. The summed E-state index contributed by atoms with van der Waals surface area (Å²) in [5, 5.41) is 16.8. The molecule has 2 aromatic carbocycles. The number of nitrogens with zero attached hydrogens (tertiary/aromatic N) is 2. The SMILES string of the molecule is COc1cc(-c2nc(-c3cccc(C)c3)n[nH]2)ccc1O. The molecular formula is C16H15N3O2. The van der Waals surface area contributed by atoms with E-state index in [1.165, 1.54) is 7.11 Å². The van der Waals surface area contributed by atoms with Crippen LogP contribution < -0.4 is 4.74 Å². The molecule has 106 valence electrons. The average molecular weight is 281 g/mol. The molecule has 0 amide bonds. The van der Waals surface area contributed by atoms with Gasteiger partial charge in [-0.3, -0.25) is 5.10 Å². The minimum absolute atomic E-state index is 0.0969. The molecule has 0 unspecified atom stereocenters. The maximum atomic E-state index is 9.62. The van der Waals surface area contributed by atoms with Crippen molar-refractivity contribution in [1.29, 1.82) is 0 Å². The summed E-state index contributed by atoms with van der Waals surface area (Å²) in [6.45, 7) is 2.03. The zero-order valence-corrected chi connectivity index (χ0v) is 11.8. The van der Waals surface area contributed by atoms with Gasteiger partial charge in [-0.1, -0.05) is 23.8 Å². The molecule has 3 aromatic rings. The van der Waals surface area contributed by atoms with Crippen molar-refractivity contribution in [2.24, 2.45) is 0 Å². The molecule has 21 heavy (non-hydrogen) atoms. The Morgan fingerprint density at radius 1 is 1.10 bits per heavy atom. The highest BCUT2D eigenvalue weighted by atomic mass is 16.5. The standard InChI is InChI=1S/C16H15N3O2/c1-10-4-3-5-11(8-10)15-17-16(19-18-15)12-6-7-13(20)14(9-12)21-2/h3-9,20H,1-2H3,(H,17,18,19). The van der Waals surface area contributed by atoms with E-state index in [-0.39, 0.29) is 5.75 Å². The number of phenolic OH excluding ortho intramolecular Hbond substituents is 1. The number of benzene rings is 2. The first-order chi connectivity index (χ1) is 10.2. The van der Waals surface area contributed by atoms with E-state index in [1.54, 1.807) is 18.2 Å². The highest BCUT2D eigenvalue weighted by molar-refractivity contribution is 5.64. The van der Waals surface area contributed by atoms with Gasteiger partial charge in [-0.15, -0.1) is 0 Å². The van der Waals surface area contributed by atoms with Crippen molar-refractivity contribution < 1.29 is 9.84 Å². The van der Waals surface area contributed by atoms with Gasteiger partial charge in [0.05, 0.1) is 7.11 Å². The molecule has 0 fully saturated rings. The number of aromatic amines is 1. The molecule has 0 spiro atoms. The van der Waals surface area contributed by atoms with Gasteiger partial charge in [-0.2, -0.15) is 5.10 Å². The van der Waals surface area contributed by atoms with Gasteiger partial charge in [0.2, 0.25) is 0 Å². The second-order valence-corrected chi connectivity index (χ2v) is 4.76. The van der Waals surface area contributed by atoms with Crippen LogP contribution in [0, 0.1) is 6.92 Å². The second-order valence-electron chi connectivity index (χ2n) is 4.76. The van der Waals surface area contributed by atoms with Crippen molar-refractivity contribution in [1.82, 2.24) is 15.2 Å². The number of ether oxygens (including phenoxy) is 1. The minimum Gasteiger partial charge on any atom is -0.504 e. The largest absolute Gasteiger partial charge is 0.504 e. The lowest BCUT2D eigenvalue weighted by Crippen LogP contribution is -1.86. The Morgan fingerprint density at radius 2 is 1.95 bits per heavy atom. The summed E-state index contributed by atoms with van der Waals surface area (Å²) in [6.07, 6.45) is 0. The van der Waals surface area contributed by atoms with Crippen LogP contribution in [0.5, 0.6) is 11.5 Å². The van der Waals surface area contributed by atoms with Crippen LogP contribution in [0.15, 0.2) is 42.5 Å². The van der Waals surface area contributed by atoms with E-state index in [0.717, 1.165) is 16.7 Å². The minimum atomic E-state index is 0.0969. The fourth-order valence-electron chi connectivity index (χ4n) is 2.13. The van der Waals surface area contributed by atoms with E-state index < -0.39 is 0 Å². The monoisotopic (exact) mass is 281 g/mol. The first-order valence-electron chi connectivity index (χ1n) is 6.54. The van der Waals surface area contributed by atoms with Crippen molar-refractivity contribution >= 4 is 0 Å². The van der Waals surface area contributed by atoms with Gasteiger partial charge in [-0.05, 0) is 31.2 Å². The molecule has 0 radical (unpaired) electrons. The zero-order chi connectivity index (χ0) is 14.8. The van der Waals surface area contributed by atoms with Crippen LogP contribution in [0.2, 0.25) is 0 Å². The molecule has 1 heterocycles. The predicted octanol–water partition coefficient (Wildman–Crippen LogP) is 3.16. The Morgan fingerprint density at radius 3 is 2.71 bits per heavy atom. The Labute approximate surface area is 122 Å². The quantitative estimate of drug-likeness (QED) is 0.773. The summed E-state index contributed by atoms with van der Waals surface area (Å²) < 4.78 is 5.10. The third kappa shape index (κ3) is 2.58. The first-order valence-corrected chi connectivity index (χ1v) is 6.54. The second kappa shape index (κ2) is 5.28. The molecule has 0 bridgehead atoms. The smallest absolute Gasteiger partial charge is 0.181 e. The summed E-state index contributed by atoms with van der Waals surface area (Å²) in [6, 6.07) is 13.1. The van der Waals surface area contributed by atoms with E-state index in [4.69, 9.17) is 4.74 Å². The number of nitrogens with one attached hydrogen (secondary N) is 1. The van der Waals surface area contributed by atoms with Gasteiger partial charge in [-0.25, -0.2) is 4.98 Å². The summed E-state index contributed by atoms with van der Waals surface area (Å²) in [4.78, 5) is 4.49. The number of aryl methyl sites for hydroxylation is 1. The van der Waals surface area contributed by atoms with Gasteiger partial charge in [0.1, 0.15) is 0 Å². The van der Waals surface area contributed by atoms with Crippen molar-refractivity contribution in [3.63, 3.8) is 0 Å². The summed E-state index contributed by atoms with van der Waals surface area (Å²) in [5.74, 6) is 1.77. The zero-order valence-electron chi connectivity index (χ0n) is 11.8. The molecule has 1 aromatic heterocycles. The number of H-pyrrole nitrogens is 1. The fraction of sp³-hybridized carbons (Fsp3) is 0.125. The van der Waals surface area contributed by atoms with Gasteiger partial charge < -0.3 is 9.84 Å². The van der Waals surface area contributed by atoms with Gasteiger partial charge in [0.25, 0.3) is 0 Å². The highest BCUT2D eigenvalue weighted by Crippen LogP contribution is 2.30. The molecule has 0 aliphatic rings. The van der Waals surface area contributed by atoms with E-state index >= 15 is 0 Å². The molecule has 0 saturated carbocycles. The molecule has 0 atom stereocenters. The van der Waals surface area contributed by atoms with Crippen LogP contribution in [0.4, 0.5) is 0 Å². The molecule has 0 saturated heterocycles. The van der Waals surface area contributed by atoms with Crippen molar-refractivity contribution in [3.8, 4) is 34.3 Å². The predicted molar refractivity (Wildman–Crippen MR) is 80.2 cm³/mol. The van der Waals surface area contributed by atoms with Gasteiger partial charge >= 0.3 is 0 Å². The Bertz CT molecular complexity index is 781. The molecule has 0 aliphatic carbocycles. The van der Waals surface area contributed by atoms with Crippen LogP contribution in [-0.2, 0) is 0 Å². The van der Waals surface area contributed by atoms with E-state index in [1.807, 2.05) is 31.2 Å². The lowest BCUT2D eigenvalue weighted by Gasteiger charge is -2.04. The van der Waals surface area contributed by atoms with Crippen molar-refractivity contribution in [2.45, 2.75) is 6.92 Å². The molecular weight excluding hydrogens is 266 g/mol. The number of aromatic hydroxyl groups is 1. The molecule has 3 rings (SSSR count). The van der Waals surface area contributed by atoms with Crippen LogP contribution in [0.25, 0.3) is 22.8 Å². The molecule has 2 N–H and O–H groups in total. The Balaban J connectivity index is 1.98. The number of hydrogen-bond acceptors (Lipinski definition) is 4. The molecule has 5 nitrogen and oxygen atoms in total. The third-order valence-electron chi connectivity index (χ3n) is 3.21. The van der Waals surface area contributed by atoms with Crippen LogP contribution in [0.1, 0.15) is 5.56 Å². The molecule has 0 aliphatic heterocycles. The van der Waals surface area contributed by atoms with E-state index in [9.17, 15) is 5.11 Å². The summed E-state index contributed by atoms with van der Waals surface area (Å²) in [5.41, 5.74) is 2.92. The van der Waals surface area contributed by atoms with Gasteiger partial charge in [0.15, 0.2) is 23.1 Å². The topological polar surface area (TPSA) is 71.0 Å². The average Bonchev–Trinajstić information content (AvgIpc) is 2.97. The summed E-state index contributed by atoms with van der Waals surface area (Å²) >= 11 is 0.